The van der Waals surface area contributed by atoms with Gasteiger partial charge in [0.15, 0.2) is 0 Å². The molecule has 1 atom stereocenters. The molecule has 0 aliphatic rings. The standard InChI is InChI=1S/C15H15FN2O3S/c1-9(21-12-4-2-11(16)3-5-12)7-18-15(20)13-6-10(8-22-13)14(17)19/h2-6,8-9H,7H2,1H3,(H2,17,19)(H,18,20). The van der Waals surface area contributed by atoms with E-state index in [9.17, 15) is 14.0 Å². The lowest BCUT2D eigenvalue weighted by Gasteiger charge is -2.15. The summed E-state index contributed by atoms with van der Waals surface area (Å²) in [6, 6.07) is 7.10. The number of primary amides is 1. The van der Waals surface area contributed by atoms with Gasteiger partial charge in [-0.1, -0.05) is 0 Å². The number of hydrogen-bond acceptors (Lipinski definition) is 4. The van der Waals surface area contributed by atoms with Crippen molar-refractivity contribution in [3.05, 3.63) is 52.0 Å². The molecule has 2 rings (SSSR count). The quantitative estimate of drug-likeness (QED) is 0.855. The molecule has 116 valence electrons. The van der Waals surface area contributed by atoms with Gasteiger partial charge < -0.3 is 15.8 Å². The van der Waals surface area contributed by atoms with Crippen molar-refractivity contribution in [2.75, 3.05) is 6.54 Å². The van der Waals surface area contributed by atoms with Gasteiger partial charge in [-0.25, -0.2) is 4.39 Å². The third kappa shape index (κ3) is 4.29. The van der Waals surface area contributed by atoms with Gasteiger partial charge in [0.05, 0.1) is 17.0 Å². The number of carbonyl (C=O) groups excluding carboxylic acids is 2. The Morgan fingerprint density at radius 3 is 2.64 bits per heavy atom. The molecule has 1 aromatic carbocycles. The zero-order chi connectivity index (χ0) is 16.1. The summed E-state index contributed by atoms with van der Waals surface area (Å²) < 4.78 is 18.3. The summed E-state index contributed by atoms with van der Waals surface area (Å²) >= 11 is 1.15. The number of nitrogens with two attached hydrogens (primary N) is 1. The molecule has 0 saturated carbocycles. The molecule has 0 radical (unpaired) electrons. The summed E-state index contributed by atoms with van der Waals surface area (Å²) in [7, 11) is 0. The van der Waals surface area contributed by atoms with E-state index in [1.807, 2.05) is 0 Å². The van der Waals surface area contributed by atoms with Gasteiger partial charge in [0.25, 0.3) is 5.91 Å². The number of thiophene rings is 1. The smallest absolute Gasteiger partial charge is 0.261 e. The van der Waals surface area contributed by atoms with Crippen LogP contribution in [0, 0.1) is 5.82 Å². The normalized spacial score (nSPS) is 11.7. The number of ether oxygens (including phenoxy) is 1. The summed E-state index contributed by atoms with van der Waals surface area (Å²) in [5, 5.41) is 4.24. The predicted molar refractivity (Wildman–Crippen MR) is 81.7 cm³/mol. The van der Waals surface area contributed by atoms with Crippen molar-refractivity contribution < 1.29 is 18.7 Å². The zero-order valence-corrected chi connectivity index (χ0v) is 12.7. The van der Waals surface area contributed by atoms with E-state index in [0.717, 1.165) is 11.3 Å². The molecule has 3 N–H and O–H groups in total. The molecule has 2 aromatic rings. The van der Waals surface area contributed by atoms with E-state index in [1.54, 1.807) is 6.92 Å². The van der Waals surface area contributed by atoms with Crippen LogP contribution in [0.25, 0.3) is 0 Å². The predicted octanol–water partition coefficient (Wildman–Crippen LogP) is 2.18. The monoisotopic (exact) mass is 322 g/mol. The topological polar surface area (TPSA) is 81.4 Å². The molecule has 0 aliphatic carbocycles. The molecule has 0 saturated heterocycles. The van der Waals surface area contributed by atoms with E-state index >= 15 is 0 Å². The number of nitrogens with one attached hydrogen (secondary N) is 1. The number of carbonyl (C=O) groups is 2. The lowest BCUT2D eigenvalue weighted by molar-refractivity contribution is 0.0936. The maximum Gasteiger partial charge on any atom is 0.261 e. The van der Waals surface area contributed by atoms with Crippen LogP contribution in [0.3, 0.4) is 0 Å². The highest BCUT2D eigenvalue weighted by atomic mass is 32.1. The first-order valence-corrected chi connectivity index (χ1v) is 7.42. The van der Waals surface area contributed by atoms with Gasteiger partial charge in [-0.05, 0) is 37.3 Å². The Kier molecular flexibility index (Phi) is 5.11. The van der Waals surface area contributed by atoms with Crippen LogP contribution in [0.4, 0.5) is 4.39 Å². The number of halogens is 1. The molecule has 1 unspecified atom stereocenters. The molecule has 22 heavy (non-hydrogen) atoms. The Bertz CT molecular complexity index is 670. The van der Waals surface area contributed by atoms with Crippen molar-refractivity contribution in [2.45, 2.75) is 13.0 Å². The van der Waals surface area contributed by atoms with Crippen molar-refractivity contribution in [1.29, 1.82) is 0 Å². The van der Waals surface area contributed by atoms with Crippen LogP contribution in [0.15, 0.2) is 35.7 Å². The number of amides is 2. The van der Waals surface area contributed by atoms with Crippen LogP contribution in [-0.2, 0) is 0 Å². The molecule has 0 aliphatic heterocycles. The van der Waals surface area contributed by atoms with E-state index in [-0.39, 0.29) is 24.4 Å². The second kappa shape index (κ2) is 7.04. The minimum Gasteiger partial charge on any atom is -0.489 e. The average molecular weight is 322 g/mol. The minimum absolute atomic E-state index is 0.278. The molecular weight excluding hydrogens is 307 g/mol. The second-order valence-corrected chi connectivity index (χ2v) is 5.57. The first-order chi connectivity index (χ1) is 10.5. The number of hydrogen-bond donors (Lipinski definition) is 2. The second-order valence-electron chi connectivity index (χ2n) is 4.66. The van der Waals surface area contributed by atoms with Gasteiger partial charge in [-0.15, -0.1) is 11.3 Å². The molecule has 7 heteroatoms. The molecular formula is C15H15FN2O3S. The van der Waals surface area contributed by atoms with E-state index in [1.165, 1.54) is 35.7 Å². The molecule has 0 fully saturated rings. The van der Waals surface area contributed by atoms with E-state index < -0.39 is 5.91 Å². The Balaban J connectivity index is 1.84. The molecule has 1 aromatic heterocycles. The van der Waals surface area contributed by atoms with Gasteiger partial charge in [-0.2, -0.15) is 0 Å². The summed E-state index contributed by atoms with van der Waals surface area (Å²) in [4.78, 5) is 23.3. The molecule has 0 bridgehead atoms. The minimum atomic E-state index is -0.566. The third-order valence-corrected chi connectivity index (χ3v) is 3.74. The van der Waals surface area contributed by atoms with Crippen LogP contribution in [0.1, 0.15) is 27.0 Å². The molecule has 2 amide bonds. The maximum absolute atomic E-state index is 12.8. The lowest BCUT2D eigenvalue weighted by atomic mass is 10.3. The molecule has 0 spiro atoms. The Morgan fingerprint density at radius 1 is 1.36 bits per heavy atom. The van der Waals surface area contributed by atoms with Crippen LogP contribution in [0.2, 0.25) is 0 Å². The summed E-state index contributed by atoms with van der Waals surface area (Å²) in [5.41, 5.74) is 5.45. The lowest BCUT2D eigenvalue weighted by Crippen LogP contribution is -2.33. The number of benzene rings is 1. The first kappa shape index (κ1) is 16.0. The van der Waals surface area contributed by atoms with E-state index in [2.05, 4.69) is 5.32 Å². The van der Waals surface area contributed by atoms with Crippen molar-refractivity contribution in [3.8, 4) is 5.75 Å². The Hall–Kier alpha value is -2.41. The third-order valence-electron chi connectivity index (χ3n) is 2.81. The van der Waals surface area contributed by atoms with Crippen LogP contribution in [0.5, 0.6) is 5.75 Å². The van der Waals surface area contributed by atoms with Gasteiger partial charge in [0.1, 0.15) is 17.7 Å². The fourth-order valence-corrected chi connectivity index (χ4v) is 2.51. The van der Waals surface area contributed by atoms with Crippen molar-refractivity contribution in [1.82, 2.24) is 5.32 Å². The SMILES string of the molecule is CC(CNC(=O)c1cc(C(N)=O)cs1)Oc1ccc(F)cc1. The summed E-state index contributed by atoms with van der Waals surface area (Å²) in [5.74, 6) is -0.679. The summed E-state index contributed by atoms with van der Waals surface area (Å²) in [6.07, 6.45) is -0.287. The summed E-state index contributed by atoms with van der Waals surface area (Å²) in [6.45, 7) is 2.06. The van der Waals surface area contributed by atoms with E-state index in [4.69, 9.17) is 10.5 Å². The number of rotatable bonds is 6. The van der Waals surface area contributed by atoms with Crippen LogP contribution >= 0.6 is 11.3 Å². The molecule has 1 heterocycles. The fraction of sp³-hybridized carbons (Fsp3) is 0.200. The Labute approximate surface area is 130 Å². The van der Waals surface area contributed by atoms with Gasteiger partial charge in [0.2, 0.25) is 5.91 Å². The fourth-order valence-electron chi connectivity index (χ4n) is 1.70. The highest BCUT2D eigenvalue weighted by Crippen LogP contribution is 2.15. The van der Waals surface area contributed by atoms with E-state index in [0.29, 0.717) is 16.2 Å². The van der Waals surface area contributed by atoms with Crippen LogP contribution < -0.4 is 15.8 Å². The Morgan fingerprint density at radius 2 is 2.05 bits per heavy atom. The van der Waals surface area contributed by atoms with Gasteiger partial charge in [-0.3, -0.25) is 9.59 Å². The van der Waals surface area contributed by atoms with Gasteiger partial charge >= 0.3 is 0 Å². The molecule has 5 nitrogen and oxygen atoms in total. The van der Waals surface area contributed by atoms with Gasteiger partial charge in [0, 0.05) is 5.38 Å². The average Bonchev–Trinajstić information content (AvgIpc) is 2.97. The van der Waals surface area contributed by atoms with Crippen molar-refractivity contribution in [3.63, 3.8) is 0 Å². The van der Waals surface area contributed by atoms with Crippen molar-refractivity contribution in [2.24, 2.45) is 5.73 Å². The first-order valence-electron chi connectivity index (χ1n) is 6.54. The van der Waals surface area contributed by atoms with Crippen molar-refractivity contribution >= 4 is 23.2 Å². The largest absolute Gasteiger partial charge is 0.489 e. The highest BCUT2D eigenvalue weighted by molar-refractivity contribution is 7.12. The zero-order valence-electron chi connectivity index (χ0n) is 11.8. The highest BCUT2D eigenvalue weighted by Gasteiger charge is 2.13. The maximum atomic E-state index is 12.8. The van der Waals surface area contributed by atoms with Crippen LogP contribution in [-0.4, -0.2) is 24.5 Å².